The molecule has 120 valence electrons. The Morgan fingerprint density at radius 3 is 2.52 bits per heavy atom. The molecule has 5 nitrogen and oxygen atoms in total. The zero-order valence-electron chi connectivity index (χ0n) is 12.2. The van der Waals surface area contributed by atoms with Crippen LogP contribution in [-0.2, 0) is 10.0 Å². The van der Waals surface area contributed by atoms with Gasteiger partial charge < -0.3 is 5.11 Å². The monoisotopic (exact) mass is 351 g/mol. The molecule has 0 heterocycles. The number of benzene rings is 2. The summed E-state index contributed by atoms with van der Waals surface area (Å²) in [6.45, 7) is 1.60. The number of hydrogen-bond acceptors (Lipinski definition) is 3. The first-order valence-corrected chi connectivity index (χ1v) is 8.51. The summed E-state index contributed by atoms with van der Waals surface area (Å²) >= 11 is 5.96. The largest absolute Gasteiger partial charge is 0.478 e. The van der Waals surface area contributed by atoms with E-state index in [0.29, 0.717) is 16.1 Å². The van der Waals surface area contributed by atoms with Crippen LogP contribution in [0, 0.1) is 6.92 Å². The number of anilines is 1. The number of nitrogens with one attached hydrogen (secondary N) is 1. The number of carbonyl (C=O) groups is 1. The molecule has 0 aliphatic rings. The Morgan fingerprint density at radius 2 is 1.87 bits per heavy atom. The summed E-state index contributed by atoms with van der Waals surface area (Å²) in [5.41, 5.74) is 0.943. The molecular formula is C16H14ClNO4S. The van der Waals surface area contributed by atoms with Gasteiger partial charge in [-0.15, -0.1) is 0 Å². The van der Waals surface area contributed by atoms with E-state index in [1.165, 1.54) is 12.1 Å². The molecule has 0 fully saturated rings. The Labute approximate surface area is 139 Å². The van der Waals surface area contributed by atoms with Crippen molar-refractivity contribution in [2.24, 2.45) is 0 Å². The van der Waals surface area contributed by atoms with Crippen molar-refractivity contribution in [3.05, 3.63) is 69.6 Å². The van der Waals surface area contributed by atoms with Crippen molar-refractivity contribution in [1.29, 1.82) is 0 Å². The number of carboxylic acids is 1. The summed E-state index contributed by atoms with van der Waals surface area (Å²) in [6, 6.07) is 11.4. The topological polar surface area (TPSA) is 83.5 Å². The molecule has 0 bridgehead atoms. The van der Waals surface area contributed by atoms with Gasteiger partial charge in [0.25, 0.3) is 10.0 Å². The van der Waals surface area contributed by atoms with Gasteiger partial charge in [-0.05, 0) is 36.3 Å². The molecule has 0 atom stereocenters. The van der Waals surface area contributed by atoms with Crippen molar-refractivity contribution in [2.45, 2.75) is 6.92 Å². The lowest BCUT2D eigenvalue weighted by Crippen LogP contribution is -2.13. The minimum absolute atomic E-state index is 0.0151. The van der Waals surface area contributed by atoms with E-state index in [0.717, 1.165) is 5.41 Å². The van der Waals surface area contributed by atoms with Gasteiger partial charge in [0.2, 0.25) is 0 Å². The Morgan fingerprint density at radius 1 is 1.17 bits per heavy atom. The Kier molecular flexibility index (Phi) is 5.08. The lowest BCUT2D eigenvalue weighted by Gasteiger charge is -2.10. The number of aromatic carboxylic acids is 1. The van der Waals surface area contributed by atoms with Crippen LogP contribution in [0.25, 0.3) is 6.08 Å². The van der Waals surface area contributed by atoms with E-state index >= 15 is 0 Å². The zero-order chi connectivity index (χ0) is 17.0. The van der Waals surface area contributed by atoms with Gasteiger partial charge in [0.05, 0.1) is 16.7 Å². The number of halogens is 1. The second-order valence-corrected chi connectivity index (χ2v) is 6.75. The fourth-order valence-electron chi connectivity index (χ4n) is 2.00. The SMILES string of the molecule is Cc1cccc(NS(=O)(=O)C=Cc2ccccc2Cl)c1C(=O)O. The lowest BCUT2D eigenvalue weighted by atomic mass is 10.1. The first kappa shape index (κ1) is 17.1. The fraction of sp³-hybridized carbons (Fsp3) is 0.0625. The van der Waals surface area contributed by atoms with Crippen LogP contribution >= 0.6 is 11.6 Å². The van der Waals surface area contributed by atoms with Crippen LogP contribution in [-0.4, -0.2) is 19.5 Å². The summed E-state index contributed by atoms with van der Waals surface area (Å²) in [5, 5.41) is 10.6. The summed E-state index contributed by atoms with van der Waals surface area (Å²) in [5.74, 6) is -1.20. The van der Waals surface area contributed by atoms with Crippen molar-refractivity contribution >= 4 is 39.4 Å². The third-order valence-electron chi connectivity index (χ3n) is 3.07. The molecule has 0 spiro atoms. The van der Waals surface area contributed by atoms with Crippen LogP contribution < -0.4 is 4.72 Å². The van der Waals surface area contributed by atoms with Gasteiger partial charge in [0, 0.05) is 5.02 Å². The van der Waals surface area contributed by atoms with Gasteiger partial charge in [0.1, 0.15) is 0 Å². The molecule has 2 aromatic carbocycles. The highest BCUT2D eigenvalue weighted by molar-refractivity contribution is 7.95. The van der Waals surface area contributed by atoms with E-state index in [1.54, 1.807) is 43.3 Å². The smallest absolute Gasteiger partial charge is 0.338 e. The Bertz CT molecular complexity index is 875. The van der Waals surface area contributed by atoms with E-state index in [9.17, 15) is 18.3 Å². The van der Waals surface area contributed by atoms with E-state index in [2.05, 4.69) is 4.72 Å². The quantitative estimate of drug-likeness (QED) is 0.859. The fourth-order valence-corrected chi connectivity index (χ4v) is 3.07. The highest BCUT2D eigenvalue weighted by Crippen LogP contribution is 2.22. The van der Waals surface area contributed by atoms with Gasteiger partial charge in [-0.25, -0.2) is 13.2 Å². The second-order valence-electron chi connectivity index (χ2n) is 4.77. The van der Waals surface area contributed by atoms with Gasteiger partial charge >= 0.3 is 5.97 Å². The molecule has 0 radical (unpaired) electrons. The number of sulfonamides is 1. The molecule has 0 amide bonds. The predicted octanol–water partition coefficient (Wildman–Crippen LogP) is 3.76. The van der Waals surface area contributed by atoms with Crippen molar-refractivity contribution in [1.82, 2.24) is 0 Å². The minimum atomic E-state index is -3.87. The van der Waals surface area contributed by atoms with E-state index in [4.69, 9.17) is 11.6 Å². The molecular weight excluding hydrogens is 338 g/mol. The summed E-state index contributed by atoms with van der Waals surface area (Å²) < 4.78 is 26.5. The molecule has 2 N–H and O–H groups in total. The first-order valence-electron chi connectivity index (χ1n) is 6.58. The van der Waals surface area contributed by atoms with E-state index in [-0.39, 0.29) is 11.3 Å². The lowest BCUT2D eigenvalue weighted by molar-refractivity contribution is 0.0697. The highest BCUT2D eigenvalue weighted by atomic mass is 35.5. The molecule has 2 rings (SSSR count). The van der Waals surface area contributed by atoms with Crippen LogP contribution in [0.4, 0.5) is 5.69 Å². The van der Waals surface area contributed by atoms with Gasteiger partial charge in [-0.3, -0.25) is 4.72 Å². The summed E-state index contributed by atoms with van der Waals surface area (Å²) in [4.78, 5) is 11.3. The molecule has 0 saturated heterocycles. The van der Waals surface area contributed by atoms with E-state index < -0.39 is 16.0 Å². The van der Waals surface area contributed by atoms with Crippen LogP contribution in [0.15, 0.2) is 47.9 Å². The maximum atomic E-state index is 12.1. The van der Waals surface area contributed by atoms with Crippen LogP contribution in [0.1, 0.15) is 21.5 Å². The first-order chi connectivity index (χ1) is 10.8. The van der Waals surface area contributed by atoms with Crippen LogP contribution in [0.2, 0.25) is 5.02 Å². The summed E-state index contributed by atoms with van der Waals surface area (Å²) in [6.07, 6.45) is 1.35. The van der Waals surface area contributed by atoms with Crippen molar-refractivity contribution in [2.75, 3.05) is 4.72 Å². The predicted molar refractivity (Wildman–Crippen MR) is 91.2 cm³/mol. The zero-order valence-corrected chi connectivity index (χ0v) is 13.7. The third kappa shape index (κ3) is 4.34. The number of aryl methyl sites for hydroxylation is 1. The average molecular weight is 352 g/mol. The average Bonchev–Trinajstić information content (AvgIpc) is 2.45. The highest BCUT2D eigenvalue weighted by Gasteiger charge is 2.16. The second kappa shape index (κ2) is 6.85. The molecule has 2 aromatic rings. The maximum Gasteiger partial charge on any atom is 0.338 e. The standard InChI is InChI=1S/C16H14ClNO4S/c1-11-5-4-8-14(15(11)16(19)20)18-23(21,22)10-9-12-6-2-3-7-13(12)17/h2-10,18H,1H3,(H,19,20). The molecule has 23 heavy (non-hydrogen) atoms. The normalized spacial score (nSPS) is 11.6. The number of carboxylic acid groups (broad SMARTS) is 1. The van der Waals surface area contributed by atoms with Gasteiger partial charge in [-0.2, -0.15) is 0 Å². The molecule has 0 aromatic heterocycles. The van der Waals surface area contributed by atoms with Gasteiger partial charge in [-0.1, -0.05) is 41.9 Å². The van der Waals surface area contributed by atoms with Crippen LogP contribution in [0.3, 0.4) is 0 Å². The van der Waals surface area contributed by atoms with Crippen molar-refractivity contribution < 1.29 is 18.3 Å². The van der Waals surface area contributed by atoms with Crippen molar-refractivity contribution in [3.8, 4) is 0 Å². The Hall–Kier alpha value is -2.31. The van der Waals surface area contributed by atoms with Crippen LogP contribution in [0.5, 0.6) is 0 Å². The Balaban J connectivity index is 2.31. The third-order valence-corrected chi connectivity index (χ3v) is 4.41. The molecule has 7 heteroatoms. The molecule has 0 aliphatic carbocycles. The summed E-state index contributed by atoms with van der Waals surface area (Å²) in [7, 11) is -3.87. The minimum Gasteiger partial charge on any atom is -0.478 e. The number of hydrogen-bond donors (Lipinski definition) is 2. The van der Waals surface area contributed by atoms with E-state index in [1.807, 2.05) is 0 Å². The number of rotatable bonds is 5. The van der Waals surface area contributed by atoms with Gasteiger partial charge in [0.15, 0.2) is 0 Å². The maximum absolute atomic E-state index is 12.1. The molecule has 0 unspecified atom stereocenters. The van der Waals surface area contributed by atoms with Crippen molar-refractivity contribution in [3.63, 3.8) is 0 Å². The molecule has 0 aliphatic heterocycles. The molecule has 0 saturated carbocycles.